The highest BCUT2D eigenvalue weighted by Crippen LogP contribution is 2.15. The predicted octanol–water partition coefficient (Wildman–Crippen LogP) is 1.73. The summed E-state index contributed by atoms with van der Waals surface area (Å²) in [4.78, 5) is 25.3. The molecule has 158 valence electrons. The Balaban J connectivity index is 1.67. The second-order valence-corrected chi connectivity index (χ2v) is 7.62. The molecular formula is C21H25ClN6O2. The molecule has 3 aromatic rings. The Morgan fingerprint density at radius 3 is 2.67 bits per heavy atom. The van der Waals surface area contributed by atoms with Crippen LogP contribution in [0.3, 0.4) is 0 Å². The molecule has 0 fully saturated rings. The van der Waals surface area contributed by atoms with Crippen molar-refractivity contribution < 1.29 is 4.79 Å². The largest absolute Gasteiger partial charge is 0.352 e. The molecule has 1 aromatic carbocycles. The molecule has 1 amide bonds. The molecule has 0 aliphatic rings. The Hall–Kier alpha value is -2.97. The number of hydrogen-bond acceptors (Lipinski definition) is 5. The van der Waals surface area contributed by atoms with E-state index in [-0.39, 0.29) is 17.9 Å². The van der Waals surface area contributed by atoms with Gasteiger partial charge in [0.1, 0.15) is 0 Å². The zero-order valence-corrected chi connectivity index (χ0v) is 17.8. The summed E-state index contributed by atoms with van der Waals surface area (Å²) in [5.41, 5.74) is 9.42. The number of carbonyl (C=O) groups excluding carboxylic acids is 1. The number of carbonyl (C=O) groups is 1. The number of amides is 1. The molecule has 0 radical (unpaired) electrons. The standard InChI is InChI=1S/C21H25ClN6O2/c1-14-10-25-27(13-14)5-6-28-21(30)19(15(2)11-26-28)8-20(29)24-12-17-7-18(22)4-3-16(17)9-23/h3-4,7,10-11,13H,5-6,8-9,12,23H2,1-2H3,(H,24,29). The summed E-state index contributed by atoms with van der Waals surface area (Å²) >= 11 is 6.04. The van der Waals surface area contributed by atoms with Crippen molar-refractivity contribution in [3.05, 3.63) is 80.0 Å². The van der Waals surface area contributed by atoms with E-state index in [9.17, 15) is 9.59 Å². The van der Waals surface area contributed by atoms with Gasteiger partial charge in [-0.05, 0) is 48.2 Å². The monoisotopic (exact) mass is 428 g/mol. The van der Waals surface area contributed by atoms with Crippen LogP contribution < -0.4 is 16.6 Å². The summed E-state index contributed by atoms with van der Waals surface area (Å²) in [5.74, 6) is -0.251. The van der Waals surface area contributed by atoms with Gasteiger partial charge in [-0.15, -0.1) is 0 Å². The zero-order chi connectivity index (χ0) is 21.7. The molecule has 9 heteroatoms. The van der Waals surface area contributed by atoms with Crippen molar-refractivity contribution in [3.63, 3.8) is 0 Å². The van der Waals surface area contributed by atoms with Crippen molar-refractivity contribution in [1.82, 2.24) is 24.9 Å². The zero-order valence-electron chi connectivity index (χ0n) is 17.1. The quantitative estimate of drug-likeness (QED) is 0.568. The van der Waals surface area contributed by atoms with Gasteiger partial charge in [-0.3, -0.25) is 14.3 Å². The molecule has 0 aliphatic heterocycles. The van der Waals surface area contributed by atoms with Gasteiger partial charge in [0.2, 0.25) is 5.91 Å². The smallest absolute Gasteiger partial charge is 0.270 e. The maximum absolute atomic E-state index is 12.8. The molecule has 0 unspecified atom stereocenters. The number of nitrogens with two attached hydrogens (primary N) is 1. The van der Waals surface area contributed by atoms with Crippen LogP contribution in [0.15, 0.2) is 41.6 Å². The first-order valence-corrected chi connectivity index (χ1v) is 10.0. The average molecular weight is 429 g/mol. The van der Waals surface area contributed by atoms with Crippen LogP contribution in [0, 0.1) is 13.8 Å². The van der Waals surface area contributed by atoms with E-state index in [0.717, 1.165) is 16.7 Å². The summed E-state index contributed by atoms with van der Waals surface area (Å²) in [6.45, 7) is 5.27. The third-order valence-corrected chi connectivity index (χ3v) is 5.10. The van der Waals surface area contributed by atoms with Crippen molar-refractivity contribution in [2.75, 3.05) is 0 Å². The molecule has 3 N–H and O–H groups in total. The summed E-state index contributed by atoms with van der Waals surface area (Å²) in [6.07, 6.45) is 5.25. The van der Waals surface area contributed by atoms with E-state index in [4.69, 9.17) is 17.3 Å². The fourth-order valence-corrected chi connectivity index (χ4v) is 3.34. The summed E-state index contributed by atoms with van der Waals surface area (Å²) < 4.78 is 3.13. The minimum Gasteiger partial charge on any atom is -0.352 e. The van der Waals surface area contributed by atoms with Gasteiger partial charge < -0.3 is 11.1 Å². The van der Waals surface area contributed by atoms with Gasteiger partial charge in [0, 0.05) is 29.9 Å². The van der Waals surface area contributed by atoms with E-state index < -0.39 is 0 Å². The average Bonchev–Trinajstić information content (AvgIpc) is 3.14. The third kappa shape index (κ3) is 5.34. The molecule has 0 aliphatic carbocycles. The minimum absolute atomic E-state index is 0.0212. The van der Waals surface area contributed by atoms with Crippen molar-refractivity contribution in [1.29, 1.82) is 0 Å². The summed E-state index contributed by atoms with van der Waals surface area (Å²) in [7, 11) is 0. The van der Waals surface area contributed by atoms with E-state index in [2.05, 4.69) is 15.5 Å². The maximum atomic E-state index is 12.8. The van der Waals surface area contributed by atoms with E-state index in [0.29, 0.717) is 42.3 Å². The summed E-state index contributed by atoms with van der Waals surface area (Å²) in [5, 5.41) is 11.8. The number of benzene rings is 1. The van der Waals surface area contributed by atoms with Crippen LogP contribution in [-0.4, -0.2) is 25.5 Å². The first-order chi connectivity index (χ1) is 14.4. The number of aromatic nitrogens is 4. The first-order valence-electron chi connectivity index (χ1n) is 9.66. The molecule has 8 nitrogen and oxygen atoms in total. The number of nitrogens with zero attached hydrogens (tertiary/aromatic N) is 4. The first kappa shape index (κ1) is 21.7. The Morgan fingerprint density at radius 2 is 1.97 bits per heavy atom. The summed E-state index contributed by atoms with van der Waals surface area (Å²) in [6, 6.07) is 5.39. The number of rotatable bonds is 8. The van der Waals surface area contributed by atoms with E-state index in [1.54, 1.807) is 36.1 Å². The van der Waals surface area contributed by atoms with Gasteiger partial charge in [0.25, 0.3) is 5.56 Å². The second-order valence-electron chi connectivity index (χ2n) is 7.19. The molecule has 0 bridgehead atoms. The molecule has 0 spiro atoms. The number of hydrogen-bond donors (Lipinski definition) is 2. The van der Waals surface area contributed by atoms with Gasteiger partial charge in [0.15, 0.2) is 0 Å². The van der Waals surface area contributed by atoms with Crippen LogP contribution in [0.25, 0.3) is 0 Å². The molecule has 0 saturated heterocycles. The second kappa shape index (κ2) is 9.69. The lowest BCUT2D eigenvalue weighted by Gasteiger charge is -2.12. The number of halogens is 1. The van der Waals surface area contributed by atoms with E-state index >= 15 is 0 Å². The molecule has 30 heavy (non-hydrogen) atoms. The SMILES string of the molecule is Cc1cnn(CCn2ncc(C)c(CC(=O)NCc3cc(Cl)ccc3CN)c2=O)c1. The maximum Gasteiger partial charge on any atom is 0.270 e. The van der Waals surface area contributed by atoms with Crippen LogP contribution in [0.2, 0.25) is 5.02 Å². The van der Waals surface area contributed by atoms with Gasteiger partial charge in [0.05, 0.1) is 31.9 Å². The highest BCUT2D eigenvalue weighted by atomic mass is 35.5. The topological polar surface area (TPSA) is 108 Å². The Labute approximate surface area is 179 Å². The highest BCUT2D eigenvalue weighted by molar-refractivity contribution is 6.30. The highest BCUT2D eigenvalue weighted by Gasteiger charge is 2.14. The lowest BCUT2D eigenvalue weighted by molar-refractivity contribution is -0.120. The van der Waals surface area contributed by atoms with Crippen LogP contribution in [-0.2, 0) is 37.4 Å². The van der Waals surface area contributed by atoms with Crippen LogP contribution >= 0.6 is 11.6 Å². The molecule has 2 heterocycles. The molecule has 0 saturated carbocycles. The molecule has 0 atom stereocenters. The normalized spacial score (nSPS) is 10.9. The van der Waals surface area contributed by atoms with Crippen LogP contribution in [0.5, 0.6) is 0 Å². The Bertz CT molecular complexity index is 1110. The fraction of sp³-hybridized carbons (Fsp3) is 0.333. The third-order valence-electron chi connectivity index (χ3n) is 4.86. The van der Waals surface area contributed by atoms with Gasteiger partial charge in [-0.1, -0.05) is 17.7 Å². The van der Waals surface area contributed by atoms with Crippen molar-refractivity contribution in [2.24, 2.45) is 5.73 Å². The van der Waals surface area contributed by atoms with Gasteiger partial charge in [-0.2, -0.15) is 10.2 Å². The lowest BCUT2D eigenvalue weighted by atomic mass is 10.1. The van der Waals surface area contributed by atoms with E-state index in [1.165, 1.54) is 4.68 Å². The van der Waals surface area contributed by atoms with Crippen molar-refractivity contribution >= 4 is 17.5 Å². The van der Waals surface area contributed by atoms with Crippen LogP contribution in [0.4, 0.5) is 0 Å². The number of aryl methyl sites for hydroxylation is 4. The van der Waals surface area contributed by atoms with Crippen molar-refractivity contribution in [3.8, 4) is 0 Å². The van der Waals surface area contributed by atoms with E-state index in [1.807, 2.05) is 19.2 Å². The minimum atomic E-state index is -0.264. The fourth-order valence-electron chi connectivity index (χ4n) is 3.15. The number of nitrogens with one attached hydrogen (secondary N) is 1. The van der Waals surface area contributed by atoms with Crippen molar-refractivity contribution in [2.45, 2.75) is 46.4 Å². The molecular weight excluding hydrogens is 404 g/mol. The lowest BCUT2D eigenvalue weighted by Crippen LogP contribution is -2.33. The Kier molecular flexibility index (Phi) is 7.02. The van der Waals surface area contributed by atoms with Gasteiger partial charge >= 0.3 is 0 Å². The Morgan fingerprint density at radius 1 is 1.17 bits per heavy atom. The molecule has 2 aromatic heterocycles. The van der Waals surface area contributed by atoms with Gasteiger partial charge in [-0.25, -0.2) is 4.68 Å². The molecule has 3 rings (SSSR count). The predicted molar refractivity (Wildman–Crippen MR) is 115 cm³/mol. The van der Waals surface area contributed by atoms with Crippen LogP contribution in [0.1, 0.15) is 27.8 Å².